The van der Waals surface area contributed by atoms with Crippen LogP contribution in [0.3, 0.4) is 0 Å². The Morgan fingerprint density at radius 3 is 2.44 bits per heavy atom. The summed E-state index contributed by atoms with van der Waals surface area (Å²) >= 11 is 5.91. The molecule has 0 heterocycles. The van der Waals surface area contributed by atoms with Gasteiger partial charge in [0.2, 0.25) is 0 Å². The Labute approximate surface area is 116 Å². The van der Waals surface area contributed by atoms with Crippen LogP contribution in [0.1, 0.15) is 39.2 Å². The summed E-state index contributed by atoms with van der Waals surface area (Å²) in [7, 11) is 0. The second kappa shape index (κ2) is 7.13. The Hall–Kier alpha value is -0.570. The van der Waals surface area contributed by atoms with E-state index in [9.17, 15) is 0 Å². The highest BCUT2D eigenvalue weighted by atomic mass is 35.5. The fraction of sp³-hybridized carbons (Fsp3) is 0.600. The van der Waals surface area contributed by atoms with Crippen LogP contribution >= 0.6 is 11.6 Å². The molecule has 1 aromatic rings. The van der Waals surface area contributed by atoms with Gasteiger partial charge in [0.25, 0.3) is 0 Å². The molecule has 0 radical (unpaired) electrons. The second-order valence-corrected chi connectivity index (χ2v) is 6.12. The van der Waals surface area contributed by atoms with Gasteiger partial charge in [-0.2, -0.15) is 0 Å². The molecule has 0 spiro atoms. The fourth-order valence-corrected chi connectivity index (χ4v) is 2.08. The molecule has 0 saturated carbocycles. The van der Waals surface area contributed by atoms with Gasteiger partial charge in [-0.1, -0.05) is 37.6 Å². The summed E-state index contributed by atoms with van der Waals surface area (Å²) in [5, 5.41) is 4.30. The third kappa shape index (κ3) is 5.38. The zero-order valence-corrected chi connectivity index (χ0v) is 12.4. The van der Waals surface area contributed by atoms with Crippen LogP contribution in [0, 0.1) is 0 Å². The van der Waals surface area contributed by atoms with Crippen LogP contribution in [0.25, 0.3) is 0 Å². The lowest BCUT2D eigenvalue weighted by molar-refractivity contribution is 0.458. The van der Waals surface area contributed by atoms with Crippen molar-refractivity contribution in [1.82, 2.24) is 5.32 Å². The quantitative estimate of drug-likeness (QED) is 0.745. The molecule has 18 heavy (non-hydrogen) atoms. The molecule has 2 nitrogen and oxygen atoms in total. The molecular formula is C15H25ClN2. The number of hydrogen-bond donors (Lipinski definition) is 2. The first kappa shape index (κ1) is 15.5. The van der Waals surface area contributed by atoms with Crippen molar-refractivity contribution in [1.29, 1.82) is 0 Å². The van der Waals surface area contributed by atoms with Crippen LogP contribution in [-0.2, 0) is 5.41 Å². The maximum atomic E-state index is 5.91. The van der Waals surface area contributed by atoms with Gasteiger partial charge in [0.1, 0.15) is 0 Å². The molecule has 0 saturated heterocycles. The molecule has 1 rings (SSSR count). The number of nitrogens with two attached hydrogens (primary N) is 1. The average Bonchev–Trinajstić information content (AvgIpc) is 2.28. The van der Waals surface area contributed by atoms with Crippen molar-refractivity contribution in [3.63, 3.8) is 0 Å². The van der Waals surface area contributed by atoms with Gasteiger partial charge in [-0.25, -0.2) is 0 Å². The molecule has 0 aromatic heterocycles. The minimum Gasteiger partial charge on any atom is -0.328 e. The van der Waals surface area contributed by atoms with Gasteiger partial charge >= 0.3 is 0 Å². The Kier molecular flexibility index (Phi) is 6.13. The van der Waals surface area contributed by atoms with Crippen LogP contribution < -0.4 is 11.1 Å². The van der Waals surface area contributed by atoms with E-state index in [1.165, 1.54) is 5.56 Å². The molecule has 1 aromatic carbocycles. The van der Waals surface area contributed by atoms with Crippen molar-refractivity contribution in [3.8, 4) is 0 Å². The number of halogens is 1. The van der Waals surface area contributed by atoms with Crippen LogP contribution in [0.15, 0.2) is 24.3 Å². The first-order chi connectivity index (χ1) is 8.42. The molecule has 1 unspecified atom stereocenters. The molecule has 0 bridgehead atoms. The first-order valence-electron chi connectivity index (χ1n) is 6.64. The number of rotatable bonds is 7. The smallest absolute Gasteiger partial charge is 0.0406 e. The van der Waals surface area contributed by atoms with Crippen molar-refractivity contribution in [2.75, 3.05) is 13.1 Å². The van der Waals surface area contributed by atoms with Gasteiger partial charge in [-0.3, -0.25) is 0 Å². The van der Waals surface area contributed by atoms with Crippen molar-refractivity contribution in [2.24, 2.45) is 5.73 Å². The van der Waals surface area contributed by atoms with E-state index < -0.39 is 0 Å². The maximum Gasteiger partial charge on any atom is 0.0406 e. The molecule has 102 valence electrons. The minimum absolute atomic E-state index is 0.124. The molecule has 1 atom stereocenters. The Bertz CT molecular complexity index is 344. The zero-order valence-electron chi connectivity index (χ0n) is 11.7. The zero-order chi connectivity index (χ0) is 13.6. The van der Waals surface area contributed by atoms with Gasteiger partial charge in [0.15, 0.2) is 0 Å². The van der Waals surface area contributed by atoms with E-state index in [2.05, 4.69) is 38.2 Å². The Morgan fingerprint density at radius 2 is 1.89 bits per heavy atom. The van der Waals surface area contributed by atoms with Crippen molar-refractivity contribution < 1.29 is 0 Å². The lowest BCUT2D eigenvalue weighted by Crippen LogP contribution is -2.33. The number of nitrogens with one attached hydrogen (secondary N) is 1. The summed E-state index contributed by atoms with van der Waals surface area (Å²) in [4.78, 5) is 0. The van der Waals surface area contributed by atoms with Crippen molar-refractivity contribution >= 4 is 11.6 Å². The largest absolute Gasteiger partial charge is 0.328 e. The number of benzene rings is 1. The predicted octanol–water partition coefficient (Wildman–Crippen LogP) is 3.33. The van der Waals surface area contributed by atoms with Gasteiger partial charge in [0.05, 0.1) is 0 Å². The van der Waals surface area contributed by atoms with Crippen LogP contribution in [0.5, 0.6) is 0 Å². The maximum absolute atomic E-state index is 5.91. The van der Waals surface area contributed by atoms with E-state index in [0.717, 1.165) is 31.0 Å². The van der Waals surface area contributed by atoms with E-state index >= 15 is 0 Å². The van der Waals surface area contributed by atoms with Crippen LogP contribution in [0.2, 0.25) is 5.02 Å². The lowest BCUT2D eigenvalue weighted by atomic mass is 9.84. The monoisotopic (exact) mass is 268 g/mol. The summed E-state index contributed by atoms with van der Waals surface area (Å²) in [5.41, 5.74) is 7.16. The Morgan fingerprint density at radius 1 is 1.28 bits per heavy atom. The van der Waals surface area contributed by atoms with E-state index in [1.807, 2.05) is 12.1 Å². The third-order valence-corrected chi connectivity index (χ3v) is 3.46. The van der Waals surface area contributed by atoms with Crippen molar-refractivity contribution in [3.05, 3.63) is 34.9 Å². The topological polar surface area (TPSA) is 38.0 Å². The summed E-state index contributed by atoms with van der Waals surface area (Å²) in [5.74, 6) is 0. The van der Waals surface area contributed by atoms with Gasteiger partial charge < -0.3 is 11.1 Å². The highest BCUT2D eigenvalue weighted by Crippen LogP contribution is 2.23. The predicted molar refractivity (Wildman–Crippen MR) is 80.2 cm³/mol. The lowest BCUT2D eigenvalue weighted by Gasteiger charge is -2.26. The molecule has 0 aliphatic rings. The van der Waals surface area contributed by atoms with Crippen LogP contribution in [0.4, 0.5) is 0 Å². The van der Waals surface area contributed by atoms with E-state index in [0.29, 0.717) is 6.04 Å². The Balaban J connectivity index is 2.37. The normalized spacial score (nSPS) is 13.6. The average molecular weight is 269 g/mol. The molecule has 0 fully saturated rings. The van der Waals surface area contributed by atoms with Gasteiger partial charge in [0, 0.05) is 23.0 Å². The SMILES string of the molecule is CC(N)CCCNCC(C)(C)c1ccc(Cl)cc1. The van der Waals surface area contributed by atoms with E-state index in [-0.39, 0.29) is 5.41 Å². The molecule has 3 N–H and O–H groups in total. The summed E-state index contributed by atoms with van der Waals surface area (Å²) in [6.45, 7) is 8.54. The first-order valence-corrected chi connectivity index (χ1v) is 7.02. The standard InChI is InChI=1S/C15H25ClN2/c1-12(17)5-4-10-18-11-15(2,3)13-6-8-14(16)9-7-13/h6-9,12,18H,4-5,10-11,17H2,1-3H3. The molecular weight excluding hydrogens is 244 g/mol. The van der Waals surface area contributed by atoms with Gasteiger partial charge in [-0.05, 0) is 44.0 Å². The number of hydrogen-bond acceptors (Lipinski definition) is 2. The van der Waals surface area contributed by atoms with Crippen molar-refractivity contribution in [2.45, 2.75) is 45.1 Å². The molecule has 0 amide bonds. The van der Waals surface area contributed by atoms with E-state index in [4.69, 9.17) is 17.3 Å². The summed E-state index contributed by atoms with van der Waals surface area (Å²) in [6, 6.07) is 8.41. The second-order valence-electron chi connectivity index (χ2n) is 5.69. The molecule has 0 aliphatic carbocycles. The summed E-state index contributed by atoms with van der Waals surface area (Å²) < 4.78 is 0. The third-order valence-electron chi connectivity index (χ3n) is 3.21. The van der Waals surface area contributed by atoms with Crippen LogP contribution in [-0.4, -0.2) is 19.1 Å². The molecule has 0 aliphatic heterocycles. The fourth-order valence-electron chi connectivity index (χ4n) is 1.95. The van der Waals surface area contributed by atoms with Gasteiger partial charge in [-0.15, -0.1) is 0 Å². The highest BCUT2D eigenvalue weighted by molar-refractivity contribution is 6.30. The highest BCUT2D eigenvalue weighted by Gasteiger charge is 2.19. The summed E-state index contributed by atoms with van der Waals surface area (Å²) in [6.07, 6.45) is 2.21. The minimum atomic E-state index is 0.124. The van der Waals surface area contributed by atoms with E-state index in [1.54, 1.807) is 0 Å². The molecule has 3 heteroatoms.